The molecule has 32 heavy (non-hydrogen) atoms. The highest BCUT2D eigenvalue weighted by Gasteiger charge is 2.26. The molecule has 2 aliphatic rings. The van der Waals surface area contributed by atoms with E-state index in [9.17, 15) is 14.4 Å². The zero-order valence-corrected chi connectivity index (χ0v) is 18.0. The second kappa shape index (κ2) is 7.73. The minimum Gasteiger partial charge on any atom is -0.367 e. The molecule has 1 aliphatic heterocycles. The van der Waals surface area contributed by atoms with E-state index in [0.29, 0.717) is 27.8 Å². The van der Waals surface area contributed by atoms with Crippen molar-refractivity contribution in [2.75, 3.05) is 19.5 Å². The molecule has 4 heterocycles. The number of aromatic nitrogens is 3. The van der Waals surface area contributed by atoms with Gasteiger partial charge in [0.15, 0.2) is 5.65 Å². The van der Waals surface area contributed by atoms with E-state index in [2.05, 4.69) is 21.0 Å². The smallest absolute Gasteiger partial charge is 0.326 e. The van der Waals surface area contributed by atoms with Crippen molar-refractivity contribution in [3.8, 4) is 10.6 Å². The Morgan fingerprint density at radius 2 is 2.16 bits per heavy atom. The van der Waals surface area contributed by atoms with Gasteiger partial charge in [-0.25, -0.2) is 14.8 Å². The Balaban J connectivity index is 1.58. The molecule has 0 bridgehead atoms. The van der Waals surface area contributed by atoms with Crippen molar-refractivity contribution >= 4 is 46.7 Å². The van der Waals surface area contributed by atoms with Crippen LogP contribution in [0.2, 0.25) is 0 Å². The fourth-order valence-electron chi connectivity index (χ4n) is 3.21. The number of nitrogens with one attached hydrogen (secondary N) is 3. The SMILES string of the molecule is CON(C)C(=O)c1ccc(-c2cc(NC3CC3)n3ncc(/C=C4\NC(=O)NC4=O)c3n2)s1. The lowest BCUT2D eigenvalue weighted by atomic mass is 10.2. The highest BCUT2D eigenvalue weighted by molar-refractivity contribution is 7.17. The van der Waals surface area contributed by atoms with Crippen molar-refractivity contribution in [3.63, 3.8) is 0 Å². The van der Waals surface area contributed by atoms with E-state index in [0.717, 1.165) is 28.6 Å². The Kier molecular flexibility index (Phi) is 4.87. The fourth-order valence-corrected chi connectivity index (χ4v) is 4.15. The molecule has 0 unspecified atom stereocenters. The minimum absolute atomic E-state index is 0.125. The summed E-state index contributed by atoms with van der Waals surface area (Å²) < 4.78 is 1.67. The van der Waals surface area contributed by atoms with Crippen molar-refractivity contribution in [3.05, 3.63) is 40.5 Å². The molecule has 4 amide bonds. The van der Waals surface area contributed by atoms with E-state index in [1.165, 1.54) is 24.5 Å². The Morgan fingerprint density at radius 1 is 1.34 bits per heavy atom. The van der Waals surface area contributed by atoms with Crippen LogP contribution in [0.4, 0.5) is 10.6 Å². The summed E-state index contributed by atoms with van der Waals surface area (Å²) in [5.41, 5.74) is 1.87. The van der Waals surface area contributed by atoms with Crippen LogP contribution in [0.25, 0.3) is 22.3 Å². The zero-order chi connectivity index (χ0) is 22.4. The number of rotatable bonds is 6. The molecular weight excluding hydrogens is 434 g/mol. The van der Waals surface area contributed by atoms with Crippen LogP contribution >= 0.6 is 11.3 Å². The Bertz CT molecular complexity index is 1290. The first kappa shape index (κ1) is 20.2. The first-order chi connectivity index (χ1) is 15.4. The second-order valence-electron chi connectivity index (χ2n) is 7.40. The van der Waals surface area contributed by atoms with E-state index < -0.39 is 11.9 Å². The molecule has 2 fully saturated rings. The summed E-state index contributed by atoms with van der Waals surface area (Å²) in [5.74, 6) is -0.00299. The van der Waals surface area contributed by atoms with Crippen LogP contribution in [0.3, 0.4) is 0 Å². The maximum Gasteiger partial charge on any atom is 0.326 e. The standard InChI is InChI=1S/C20H19N7O4S/c1-26(31-2)19(29)15-6-5-14(32-15)12-8-16(22-11-3-4-11)27-17(23-12)10(9-21-27)7-13-18(28)25-20(30)24-13/h5-9,11,22H,3-4H2,1-2H3,(H2,24,25,28,30)/b13-7-. The lowest BCUT2D eigenvalue weighted by Crippen LogP contribution is -2.24. The van der Waals surface area contributed by atoms with E-state index in [1.54, 1.807) is 23.8 Å². The van der Waals surface area contributed by atoms with Gasteiger partial charge < -0.3 is 10.6 Å². The number of anilines is 1. The van der Waals surface area contributed by atoms with E-state index in [-0.39, 0.29) is 11.6 Å². The summed E-state index contributed by atoms with van der Waals surface area (Å²) in [7, 11) is 2.98. The molecule has 0 aromatic carbocycles. The van der Waals surface area contributed by atoms with E-state index >= 15 is 0 Å². The number of carbonyl (C=O) groups excluding carboxylic acids is 3. The highest BCUT2D eigenvalue weighted by atomic mass is 32.1. The van der Waals surface area contributed by atoms with Crippen molar-refractivity contribution < 1.29 is 19.2 Å². The number of nitrogens with zero attached hydrogens (tertiary/aromatic N) is 4. The second-order valence-corrected chi connectivity index (χ2v) is 8.48. The van der Waals surface area contributed by atoms with Crippen LogP contribution in [0.1, 0.15) is 28.1 Å². The van der Waals surface area contributed by atoms with Gasteiger partial charge in [0.05, 0.1) is 28.8 Å². The number of amides is 4. The van der Waals surface area contributed by atoms with Gasteiger partial charge in [-0.15, -0.1) is 11.3 Å². The summed E-state index contributed by atoms with van der Waals surface area (Å²) in [6.07, 6.45) is 5.28. The van der Waals surface area contributed by atoms with Crippen LogP contribution in [0.5, 0.6) is 0 Å². The summed E-state index contributed by atoms with van der Waals surface area (Å²) in [6.45, 7) is 0. The van der Waals surface area contributed by atoms with Crippen LogP contribution in [0.15, 0.2) is 30.1 Å². The highest BCUT2D eigenvalue weighted by Crippen LogP contribution is 2.32. The van der Waals surface area contributed by atoms with Gasteiger partial charge in [-0.1, -0.05) is 0 Å². The van der Waals surface area contributed by atoms with Gasteiger partial charge in [-0.05, 0) is 31.1 Å². The largest absolute Gasteiger partial charge is 0.367 e. The summed E-state index contributed by atoms with van der Waals surface area (Å²) in [4.78, 5) is 46.8. The van der Waals surface area contributed by atoms with Crippen molar-refractivity contribution in [1.82, 2.24) is 30.3 Å². The van der Waals surface area contributed by atoms with Crippen molar-refractivity contribution in [1.29, 1.82) is 0 Å². The third-order valence-corrected chi connectivity index (χ3v) is 6.17. The predicted molar refractivity (Wildman–Crippen MR) is 117 cm³/mol. The van der Waals surface area contributed by atoms with Crippen LogP contribution in [-0.4, -0.2) is 57.7 Å². The first-order valence-corrected chi connectivity index (χ1v) is 10.7. The van der Waals surface area contributed by atoms with Gasteiger partial charge >= 0.3 is 6.03 Å². The van der Waals surface area contributed by atoms with E-state index in [4.69, 9.17) is 9.82 Å². The summed E-state index contributed by atoms with van der Waals surface area (Å²) in [5, 5.41) is 13.7. The number of thiophene rings is 1. The third kappa shape index (κ3) is 3.69. The van der Waals surface area contributed by atoms with Gasteiger partial charge in [-0.2, -0.15) is 9.61 Å². The molecule has 1 aliphatic carbocycles. The maximum absolute atomic E-state index is 12.4. The van der Waals surface area contributed by atoms with Crippen molar-refractivity contribution in [2.45, 2.75) is 18.9 Å². The number of hydrogen-bond acceptors (Lipinski definition) is 8. The Morgan fingerprint density at radius 3 is 2.84 bits per heavy atom. The molecule has 164 valence electrons. The number of imide groups is 1. The van der Waals surface area contributed by atoms with Crippen LogP contribution < -0.4 is 16.0 Å². The molecule has 3 N–H and O–H groups in total. The molecule has 1 saturated heterocycles. The molecule has 11 nitrogen and oxygen atoms in total. The van der Waals surface area contributed by atoms with Gasteiger partial charge in [0, 0.05) is 24.7 Å². The van der Waals surface area contributed by atoms with Gasteiger partial charge in [0.1, 0.15) is 11.5 Å². The maximum atomic E-state index is 12.4. The molecule has 5 rings (SSSR count). The summed E-state index contributed by atoms with van der Waals surface area (Å²) in [6, 6.07) is 5.25. The lowest BCUT2D eigenvalue weighted by molar-refractivity contribution is -0.115. The molecule has 0 spiro atoms. The Hall–Kier alpha value is -3.77. The van der Waals surface area contributed by atoms with Crippen LogP contribution in [-0.2, 0) is 9.63 Å². The van der Waals surface area contributed by atoms with Gasteiger partial charge in [-0.3, -0.25) is 19.7 Å². The molecule has 0 atom stereocenters. The topological polar surface area (TPSA) is 130 Å². The molecule has 0 radical (unpaired) electrons. The Labute approximate surface area is 186 Å². The normalized spacial score (nSPS) is 17.0. The lowest BCUT2D eigenvalue weighted by Gasteiger charge is -2.11. The molecule has 3 aromatic heterocycles. The van der Waals surface area contributed by atoms with Gasteiger partial charge in [0.2, 0.25) is 0 Å². The third-order valence-electron chi connectivity index (χ3n) is 5.08. The van der Waals surface area contributed by atoms with Crippen molar-refractivity contribution in [2.24, 2.45) is 0 Å². The molecule has 1 saturated carbocycles. The number of hydrogen-bond donors (Lipinski definition) is 3. The monoisotopic (exact) mass is 453 g/mol. The number of carbonyl (C=O) groups is 3. The predicted octanol–water partition coefficient (Wildman–Crippen LogP) is 1.85. The quantitative estimate of drug-likeness (QED) is 0.295. The summed E-state index contributed by atoms with van der Waals surface area (Å²) >= 11 is 1.30. The molecule has 12 heteroatoms. The van der Waals surface area contributed by atoms with Crippen LogP contribution in [0, 0.1) is 0 Å². The molecular formula is C20H19N7O4S. The fraction of sp³-hybridized carbons (Fsp3) is 0.250. The number of hydroxylamine groups is 2. The minimum atomic E-state index is -0.570. The van der Waals surface area contributed by atoms with E-state index in [1.807, 2.05) is 12.1 Å². The average Bonchev–Trinajstić information content (AvgIpc) is 3.17. The average molecular weight is 453 g/mol. The first-order valence-electron chi connectivity index (χ1n) is 9.84. The van der Waals surface area contributed by atoms with Gasteiger partial charge in [0.25, 0.3) is 11.8 Å². The number of fused-ring (bicyclic) bond motifs is 1. The number of urea groups is 1. The zero-order valence-electron chi connectivity index (χ0n) is 17.2. The molecule has 3 aromatic rings.